The molecule has 1 fully saturated rings. The molecule has 1 rings (SSSR count). The third kappa shape index (κ3) is 3.97. The number of hydrogen-bond acceptors (Lipinski definition) is 2. The molecule has 1 aliphatic heterocycles. The maximum atomic E-state index is 8.12. The van der Waals surface area contributed by atoms with E-state index in [1.165, 1.54) is 19.3 Å². The van der Waals surface area contributed by atoms with Gasteiger partial charge in [-0.1, -0.05) is 23.7 Å². The second-order valence-electron chi connectivity index (χ2n) is 3.48. The number of piperidine rings is 1. The monoisotopic (exact) mass is 180 g/mol. The first-order valence-electron chi connectivity index (χ1n) is 4.73. The molecule has 72 valence electrons. The van der Waals surface area contributed by atoms with Crippen LogP contribution in [-0.2, 0) is 0 Å². The lowest BCUT2D eigenvalue weighted by Gasteiger charge is -2.26. The fraction of sp³-hybridized carbons (Fsp3) is 0.778. The van der Waals surface area contributed by atoms with Gasteiger partial charge in [0.05, 0.1) is 0 Å². The van der Waals surface area contributed by atoms with Gasteiger partial charge < -0.3 is 0 Å². The molecule has 0 radical (unpaired) electrons. The molecule has 0 amide bonds. The summed E-state index contributed by atoms with van der Waals surface area (Å²) in [4.78, 5) is 5.09. The minimum atomic E-state index is 0.438. The zero-order chi connectivity index (χ0) is 9.52. The molecule has 0 spiro atoms. The molecule has 1 saturated heterocycles. The Kier molecular flexibility index (Phi) is 4.36. The minimum absolute atomic E-state index is 0.438. The van der Waals surface area contributed by atoms with Crippen molar-refractivity contribution in [1.82, 2.24) is 4.90 Å². The number of nitrogens with zero attached hydrogens (tertiary/aromatic N) is 4. The maximum Gasteiger partial charge on any atom is 0.0479 e. The average Bonchev–Trinajstić information content (AvgIpc) is 2.16. The number of hydrogen-bond donors (Lipinski definition) is 0. The summed E-state index contributed by atoms with van der Waals surface area (Å²) in [6.45, 7) is 7.53. The van der Waals surface area contributed by atoms with Crippen LogP contribution in [0.2, 0.25) is 0 Å². The lowest BCUT2D eigenvalue weighted by molar-refractivity contribution is 0.246. The van der Waals surface area contributed by atoms with Gasteiger partial charge >= 0.3 is 0 Å². The topological polar surface area (TPSA) is 52.0 Å². The van der Waals surface area contributed by atoms with Crippen molar-refractivity contribution in [3.8, 4) is 0 Å². The summed E-state index contributed by atoms with van der Waals surface area (Å²) < 4.78 is 0. The lowest BCUT2D eigenvalue weighted by atomic mass is 10.1. The predicted molar refractivity (Wildman–Crippen MR) is 53.4 cm³/mol. The molecule has 1 heterocycles. The van der Waals surface area contributed by atoms with Crippen LogP contribution in [0.4, 0.5) is 0 Å². The second-order valence-corrected chi connectivity index (χ2v) is 3.48. The van der Waals surface area contributed by atoms with Crippen molar-refractivity contribution in [2.75, 3.05) is 26.2 Å². The van der Waals surface area contributed by atoms with Crippen molar-refractivity contribution in [3.05, 3.63) is 22.6 Å². The van der Waals surface area contributed by atoms with E-state index in [1.54, 1.807) is 0 Å². The van der Waals surface area contributed by atoms with Crippen molar-refractivity contribution < 1.29 is 0 Å². The largest absolute Gasteiger partial charge is 0.299 e. The summed E-state index contributed by atoms with van der Waals surface area (Å²) in [5.41, 5.74) is 9.14. The van der Waals surface area contributed by atoms with Crippen LogP contribution >= 0.6 is 0 Å². The first kappa shape index (κ1) is 10.1. The van der Waals surface area contributed by atoms with Gasteiger partial charge in [0, 0.05) is 18.0 Å². The second kappa shape index (κ2) is 5.62. The van der Waals surface area contributed by atoms with Crippen molar-refractivity contribution >= 4 is 0 Å². The van der Waals surface area contributed by atoms with Crippen LogP contribution < -0.4 is 0 Å². The standard InChI is InChI=1S/C9H16N4/c1-9(7-11-12-10)8-13-5-3-2-4-6-13/h1-8H2. The normalized spacial score (nSPS) is 17.8. The van der Waals surface area contributed by atoms with E-state index in [1.807, 2.05) is 0 Å². The molecular formula is C9H16N4. The molecule has 0 atom stereocenters. The Morgan fingerprint density at radius 3 is 2.69 bits per heavy atom. The maximum absolute atomic E-state index is 8.12. The van der Waals surface area contributed by atoms with Crippen LogP contribution in [0.3, 0.4) is 0 Å². The van der Waals surface area contributed by atoms with Gasteiger partial charge in [0.2, 0.25) is 0 Å². The average molecular weight is 180 g/mol. The van der Waals surface area contributed by atoms with Crippen LogP contribution in [0.25, 0.3) is 10.4 Å². The van der Waals surface area contributed by atoms with Crippen LogP contribution in [0.5, 0.6) is 0 Å². The summed E-state index contributed by atoms with van der Waals surface area (Å²) in [6, 6.07) is 0. The van der Waals surface area contributed by atoms with Crippen molar-refractivity contribution in [2.45, 2.75) is 19.3 Å². The van der Waals surface area contributed by atoms with E-state index in [-0.39, 0.29) is 0 Å². The third-order valence-electron chi connectivity index (χ3n) is 2.25. The highest BCUT2D eigenvalue weighted by atomic mass is 15.1. The number of likely N-dealkylation sites (tertiary alicyclic amines) is 1. The summed E-state index contributed by atoms with van der Waals surface area (Å²) in [6.07, 6.45) is 3.92. The molecule has 0 aromatic rings. The van der Waals surface area contributed by atoms with Crippen LogP contribution in [-0.4, -0.2) is 31.1 Å². The molecule has 4 heteroatoms. The first-order chi connectivity index (χ1) is 6.33. The van der Waals surface area contributed by atoms with Crippen LogP contribution in [0.15, 0.2) is 17.3 Å². The minimum Gasteiger partial charge on any atom is -0.299 e. The molecule has 13 heavy (non-hydrogen) atoms. The van der Waals surface area contributed by atoms with E-state index in [9.17, 15) is 0 Å². The Balaban J connectivity index is 2.21. The first-order valence-corrected chi connectivity index (χ1v) is 4.73. The van der Waals surface area contributed by atoms with Crippen molar-refractivity contribution in [3.63, 3.8) is 0 Å². The molecular weight excluding hydrogens is 164 g/mol. The van der Waals surface area contributed by atoms with E-state index in [0.29, 0.717) is 6.54 Å². The van der Waals surface area contributed by atoms with E-state index in [4.69, 9.17) is 5.53 Å². The highest BCUT2D eigenvalue weighted by molar-refractivity contribution is 5.00. The Hall–Kier alpha value is -0.990. The van der Waals surface area contributed by atoms with Gasteiger partial charge in [-0.3, -0.25) is 4.90 Å². The van der Waals surface area contributed by atoms with E-state index in [2.05, 4.69) is 21.5 Å². The smallest absolute Gasteiger partial charge is 0.0479 e. The highest BCUT2D eigenvalue weighted by Gasteiger charge is 2.09. The predicted octanol–water partition coefficient (Wildman–Crippen LogP) is 2.34. The van der Waals surface area contributed by atoms with Gasteiger partial charge in [0.1, 0.15) is 0 Å². The molecule has 0 aliphatic carbocycles. The summed E-state index contributed by atoms with van der Waals surface area (Å²) in [5.74, 6) is 0. The van der Waals surface area contributed by atoms with Crippen molar-refractivity contribution in [1.29, 1.82) is 0 Å². The molecule has 0 aromatic carbocycles. The number of rotatable bonds is 4. The molecule has 0 unspecified atom stereocenters. The van der Waals surface area contributed by atoms with Gasteiger partial charge in [-0.25, -0.2) is 0 Å². The summed E-state index contributed by atoms with van der Waals surface area (Å²) in [7, 11) is 0. The molecule has 1 aliphatic rings. The fourth-order valence-corrected chi connectivity index (χ4v) is 1.62. The molecule has 4 nitrogen and oxygen atoms in total. The molecule has 0 bridgehead atoms. The fourth-order valence-electron chi connectivity index (χ4n) is 1.62. The van der Waals surface area contributed by atoms with Crippen LogP contribution in [0, 0.1) is 0 Å². The Bertz CT molecular complexity index is 212. The SMILES string of the molecule is C=C(CN=[N+]=[N-])CN1CCCCC1. The van der Waals surface area contributed by atoms with Gasteiger partial charge in [-0.15, -0.1) is 0 Å². The van der Waals surface area contributed by atoms with Crippen LogP contribution in [0.1, 0.15) is 19.3 Å². The van der Waals surface area contributed by atoms with Gasteiger partial charge in [0.25, 0.3) is 0 Å². The molecule has 0 aromatic heterocycles. The lowest BCUT2D eigenvalue weighted by Crippen LogP contribution is -2.31. The van der Waals surface area contributed by atoms with E-state index in [0.717, 1.165) is 25.2 Å². The molecule has 0 N–H and O–H groups in total. The number of azide groups is 1. The summed E-state index contributed by atoms with van der Waals surface area (Å²) in [5, 5.41) is 3.49. The summed E-state index contributed by atoms with van der Waals surface area (Å²) >= 11 is 0. The Morgan fingerprint density at radius 2 is 2.08 bits per heavy atom. The quantitative estimate of drug-likeness (QED) is 0.283. The third-order valence-corrected chi connectivity index (χ3v) is 2.25. The zero-order valence-corrected chi connectivity index (χ0v) is 7.95. The van der Waals surface area contributed by atoms with E-state index < -0.39 is 0 Å². The van der Waals surface area contributed by atoms with Crippen molar-refractivity contribution in [2.24, 2.45) is 5.11 Å². The Labute approximate surface area is 78.9 Å². The van der Waals surface area contributed by atoms with E-state index >= 15 is 0 Å². The highest BCUT2D eigenvalue weighted by Crippen LogP contribution is 2.09. The zero-order valence-electron chi connectivity index (χ0n) is 7.95. The Morgan fingerprint density at radius 1 is 1.38 bits per heavy atom. The van der Waals surface area contributed by atoms with Gasteiger partial charge in [0.15, 0.2) is 0 Å². The van der Waals surface area contributed by atoms with Gasteiger partial charge in [-0.2, -0.15) is 0 Å². The molecule has 0 saturated carbocycles. The van der Waals surface area contributed by atoms with Gasteiger partial charge in [-0.05, 0) is 31.5 Å².